The molecule has 0 aromatic carbocycles. The predicted octanol–water partition coefficient (Wildman–Crippen LogP) is -0.241. The van der Waals surface area contributed by atoms with Crippen LogP contribution in [0.15, 0.2) is 11.8 Å². The van der Waals surface area contributed by atoms with Crippen molar-refractivity contribution in [3.63, 3.8) is 0 Å². The van der Waals surface area contributed by atoms with E-state index in [1.165, 1.54) is 7.11 Å². The maximum absolute atomic E-state index is 11.1. The van der Waals surface area contributed by atoms with Crippen LogP contribution in [0.4, 0.5) is 0 Å². The summed E-state index contributed by atoms with van der Waals surface area (Å²) >= 11 is 0. The summed E-state index contributed by atoms with van der Waals surface area (Å²) < 4.78 is 4.69. The third-order valence-electron chi connectivity index (χ3n) is 1.77. The summed E-state index contributed by atoms with van der Waals surface area (Å²) in [5.74, 6) is -4.08. The first kappa shape index (κ1) is 9.44. The third-order valence-corrected chi connectivity index (χ3v) is 1.77. The first-order valence-corrected chi connectivity index (χ1v) is 3.60. The second-order valence-electron chi connectivity index (χ2n) is 2.63. The Bertz CT molecular complexity index is 302. The van der Waals surface area contributed by atoms with Crippen molar-refractivity contribution in [3.05, 3.63) is 11.8 Å². The number of carbonyl (C=O) groups excluding carboxylic acids is 2. The number of hydrogen-bond acceptors (Lipinski definition) is 4. The number of allylic oxidation sites excluding steroid dienone is 2. The van der Waals surface area contributed by atoms with Gasteiger partial charge in [-0.1, -0.05) is 0 Å². The topological polar surface area (TPSA) is 80.7 Å². The lowest BCUT2D eigenvalue weighted by Gasteiger charge is -2.15. The number of methoxy groups -OCH3 is 1. The van der Waals surface area contributed by atoms with Gasteiger partial charge in [0.2, 0.25) is 0 Å². The average Bonchev–Trinajstić information content (AvgIpc) is 2.02. The highest BCUT2D eigenvalue weighted by Crippen LogP contribution is 2.17. The van der Waals surface area contributed by atoms with Crippen molar-refractivity contribution in [2.75, 3.05) is 7.11 Å². The van der Waals surface area contributed by atoms with E-state index in [0.29, 0.717) is 0 Å². The van der Waals surface area contributed by atoms with Crippen LogP contribution in [0.3, 0.4) is 0 Å². The van der Waals surface area contributed by atoms with Crippen molar-refractivity contribution in [1.29, 1.82) is 0 Å². The molecule has 0 saturated heterocycles. The zero-order chi connectivity index (χ0) is 10.0. The van der Waals surface area contributed by atoms with Crippen LogP contribution in [-0.4, -0.2) is 29.8 Å². The molecule has 0 aliphatic heterocycles. The SMILES string of the molecule is COC1=CC(=O)C(C(=O)O)C(=O)C1. The molecule has 0 fully saturated rings. The van der Waals surface area contributed by atoms with E-state index in [2.05, 4.69) is 4.74 Å². The molecule has 0 amide bonds. The van der Waals surface area contributed by atoms with Gasteiger partial charge in [0.25, 0.3) is 0 Å². The summed E-state index contributed by atoms with van der Waals surface area (Å²) in [6.45, 7) is 0. The summed E-state index contributed by atoms with van der Waals surface area (Å²) in [7, 11) is 1.33. The Kier molecular flexibility index (Phi) is 2.46. The number of hydrogen-bond donors (Lipinski definition) is 1. The molecule has 0 radical (unpaired) electrons. The highest BCUT2D eigenvalue weighted by atomic mass is 16.5. The van der Waals surface area contributed by atoms with Crippen molar-refractivity contribution in [2.45, 2.75) is 6.42 Å². The van der Waals surface area contributed by atoms with E-state index in [9.17, 15) is 14.4 Å². The normalized spacial score (nSPS) is 22.5. The van der Waals surface area contributed by atoms with Crippen LogP contribution in [0, 0.1) is 5.92 Å². The minimum atomic E-state index is -1.54. The molecule has 0 spiro atoms. The molecular weight excluding hydrogens is 176 g/mol. The lowest BCUT2D eigenvalue weighted by Crippen LogP contribution is -2.34. The molecule has 1 aliphatic rings. The van der Waals surface area contributed by atoms with Crippen molar-refractivity contribution >= 4 is 17.5 Å². The summed E-state index contributed by atoms with van der Waals surface area (Å²) in [5, 5.41) is 8.53. The van der Waals surface area contributed by atoms with Gasteiger partial charge >= 0.3 is 5.97 Å². The standard InChI is InChI=1S/C8H8O5/c1-13-4-2-5(9)7(8(11)12)6(10)3-4/h2,7H,3H2,1H3,(H,11,12). The van der Waals surface area contributed by atoms with E-state index in [4.69, 9.17) is 5.11 Å². The minimum absolute atomic E-state index is 0.126. The van der Waals surface area contributed by atoms with Gasteiger partial charge < -0.3 is 9.84 Å². The second kappa shape index (κ2) is 3.38. The van der Waals surface area contributed by atoms with E-state index in [1.54, 1.807) is 0 Å². The van der Waals surface area contributed by atoms with E-state index < -0.39 is 23.5 Å². The molecule has 13 heavy (non-hydrogen) atoms. The van der Waals surface area contributed by atoms with Crippen molar-refractivity contribution in [3.8, 4) is 0 Å². The minimum Gasteiger partial charge on any atom is -0.501 e. The monoisotopic (exact) mass is 184 g/mol. The molecule has 1 aliphatic carbocycles. The Morgan fingerprint density at radius 2 is 2.23 bits per heavy atom. The number of aliphatic carboxylic acids is 1. The molecule has 0 bridgehead atoms. The molecule has 0 heterocycles. The van der Waals surface area contributed by atoms with Crippen LogP contribution in [0.5, 0.6) is 0 Å². The van der Waals surface area contributed by atoms with Gasteiger partial charge in [0.15, 0.2) is 17.5 Å². The third kappa shape index (κ3) is 1.74. The van der Waals surface area contributed by atoms with Crippen LogP contribution in [0.25, 0.3) is 0 Å². The van der Waals surface area contributed by atoms with E-state index in [-0.39, 0.29) is 12.2 Å². The lowest BCUT2D eigenvalue weighted by molar-refractivity contribution is -0.149. The molecule has 1 N–H and O–H groups in total. The fourth-order valence-electron chi connectivity index (χ4n) is 1.12. The molecule has 5 heteroatoms. The Morgan fingerprint density at radius 1 is 1.62 bits per heavy atom. The molecule has 1 unspecified atom stereocenters. The maximum Gasteiger partial charge on any atom is 0.322 e. The van der Waals surface area contributed by atoms with Crippen molar-refractivity contribution in [1.82, 2.24) is 0 Å². The molecule has 1 rings (SSSR count). The summed E-state index contributed by atoms with van der Waals surface area (Å²) in [6, 6.07) is 0. The highest BCUT2D eigenvalue weighted by Gasteiger charge is 2.36. The molecule has 1 atom stereocenters. The number of ketones is 2. The zero-order valence-electron chi connectivity index (χ0n) is 6.94. The van der Waals surface area contributed by atoms with Crippen LogP contribution in [0.1, 0.15) is 6.42 Å². The van der Waals surface area contributed by atoms with Gasteiger partial charge in [0.1, 0.15) is 5.76 Å². The molecule has 5 nitrogen and oxygen atoms in total. The number of ether oxygens (including phenoxy) is 1. The molecule has 0 aromatic rings. The average molecular weight is 184 g/mol. The summed E-state index contributed by atoms with van der Waals surface area (Å²) in [5.41, 5.74) is 0. The van der Waals surface area contributed by atoms with E-state index in [1.807, 2.05) is 0 Å². The quantitative estimate of drug-likeness (QED) is 0.599. The Hall–Kier alpha value is -1.65. The van der Waals surface area contributed by atoms with Crippen molar-refractivity contribution in [2.24, 2.45) is 5.92 Å². The van der Waals surface area contributed by atoms with Gasteiger partial charge in [-0.25, -0.2) is 0 Å². The van der Waals surface area contributed by atoms with E-state index in [0.717, 1.165) is 6.08 Å². The van der Waals surface area contributed by atoms with Gasteiger partial charge in [-0.05, 0) is 0 Å². The zero-order valence-corrected chi connectivity index (χ0v) is 6.94. The van der Waals surface area contributed by atoms with Crippen LogP contribution < -0.4 is 0 Å². The fraction of sp³-hybridized carbons (Fsp3) is 0.375. The fourth-order valence-corrected chi connectivity index (χ4v) is 1.12. The highest BCUT2D eigenvalue weighted by molar-refractivity contribution is 6.22. The van der Waals surface area contributed by atoms with Gasteiger partial charge in [-0.3, -0.25) is 14.4 Å². The predicted molar refractivity (Wildman–Crippen MR) is 40.8 cm³/mol. The van der Waals surface area contributed by atoms with Gasteiger partial charge in [-0.15, -0.1) is 0 Å². The molecular formula is C8H8O5. The number of Topliss-reactive ketones (excluding diaryl/α,β-unsaturated/α-hetero) is 1. The summed E-state index contributed by atoms with van der Waals surface area (Å²) in [6.07, 6.45) is 0.930. The first-order valence-electron chi connectivity index (χ1n) is 3.60. The Morgan fingerprint density at radius 3 is 2.62 bits per heavy atom. The van der Waals surface area contributed by atoms with Crippen LogP contribution in [-0.2, 0) is 19.1 Å². The molecule has 70 valence electrons. The Balaban J connectivity index is 2.95. The summed E-state index contributed by atoms with van der Waals surface area (Å²) in [4.78, 5) is 32.6. The molecule has 0 saturated carbocycles. The van der Waals surface area contributed by atoms with Gasteiger partial charge in [-0.2, -0.15) is 0 Å². The van der Waals surface area contributed by atoms with Crippen LogP contribution >= 0.6 is 0 Å². The second-order valence-corrected chi connectivity index (χ2v) is 2.63. The molecule has 0 aromatic heterocycles. The first-order chi connectivity index (χ1) is 6.06. The Labute approximate surface area is 74.0 Å². The van der Waals surface area contributed by atoms with E-state index >= 15 is 0 Å². The maximum atomic E-state index is 11.1. The smallest absolute Gasteiger partial charge is 0.322 e. The number of rotatable bonds is 2. The van der Waals surface area contributed by atoms with Gasteiger partial charge in [0, 0.05) is 6.08 Å². The number of carboxylic acid groups (broad SMARTS) is 1. The largest absolute Gasteiger partial charge is 0.501 e. The number of carbonyl (C=O) groups is 3. The van der Waals surface area contributed by atoms with Gasteiger partial charge in [0.05, 0.1) is 13.5 Å². The van der Waals surface area contributed by atoms with Crippen LogP contribution in [0.2, 0.25) is 0 Å². The number of carboxylic acids is 1. The van der Waals surface area contributed by atoms with Crippen molar-refractivity contribution < 1.29 is 24.2 Å². The lowest BCUT2D eigenvalue weighted by atomic mass is 9.91.